The molecule has 0 fully saturated rings. The molecule has 2 aromatic heterocycles. The van der Waals surface area contributed by atoms with Crippen LogP contribution in [0.3, 0.4) is 0 Å². The van der Waals surface area contributed by atoms with Crippen LogP contribution in [0.4, 0.5) is 0 Å². The molecule has 5 aromatic rings. The summed E-state index contributed by atoms with van der Waals surface area (Å²) < 4.78 is 0. The van der Waals surface area contributed by atoms with Gasteiger partial charge in [-0.2, -0.15) is 10.3 Å². The number of aryl methyl sites for hydroxylation is 2. The molecule has 3 aromatic carbocycles. The Bertz CT molecular complexity index is 1380. The van der Waals surface area contributed by atoms with Gasteiger partial charge in [-0.05, 0) is 64.1 Å². The minimum Gasteiger partial charge on any atom is -0.481 e. The lowest BCUT2D eigenvalue weighted by Crippen LogP contribution is -2.15. The molecule has 0 aliphatic carbocycles. The van der Waals surface area contributed by atoms with Gasteiger partial charge >= 0.3 is 5.97 Å². The maximum absolute atomic E-state index is 12.4. The molecule has 5 rings (SSSR count). The van der Waals surface area contributed by atoms with Crippen molar-refractivity contribution in [1.82, 2.24) is 30.8 Å². The van der Waals surface area contributed by atoms with E-state index in [0.29, 0.717) is 12.2 Å². The number of tetrazole rings is 1. The van der Waals surface area contributed by atoms with Crippen molar-refractivity contribution >= 4 is 5.97 Å². The zero-order valence-corrected chi connectivity index (χ0v) is 18.2. The topological polar surface area (TPSA) is 120 Å². The standard InChI is InChI=1S/C26H22N6O2/c33-26(34)24(18-6-2-1-3-7-18)22-12-11-20(23-13-14-27-28-23)16-19(22)10-9-17-5-4-8-21(15-17)25-29-31-32-30-25/h1-8,11-16,24H,9-10H2,(H,27,28)(H,33,34)(H,29,30,31,32). The Labute approximate surface area is 195 Å². The highest BCUT2D eigenvalue weighted by Crippen LogP contribution is 2.32. The van der Waals surface area contributed by atoms with Crippen LogP contribution in [-0.4, -0.2) is 41.9 Å². The number of nitrogens with one attached hydrogen (secondary N) is 2. The minimum absolute atomic E-state index is 0.541. The van der Waals surface area contributed by atoms with Gasteiger partial charge in [-0.3, -0.25) is 9.89 Å². The van der Waals surface area contributed by atoms with Crippen LogP contribution >= 0.6 is 0 Å². The first kappa shape index (κ1) is 21.3. The fourth-order valence-electron chi connectivity index (χ4n) is 4.22. The molecule has 2 heterocycles. The molecule has 0 aliphatic heterocycles. The summed E-state index contributed by atoms with van der Waals surface area (Å²) in [5, 5.41) is 31.4. The molecular weight excluding hydrogens is 428 g/mol. The molecule has 0 saturated carbocycles. The fourth-order valence-corrected chi connectivity index (χ4v) is 4.22. The molecule has 3 N–H and O–H groups in total. The Morgan fingerprint density at radius 2 is 1.79 bits per heavy atom. The van der Waals surface area contributed by atoms with Crippen molar-refractivity contribution in [2.45, 2.75) is 18.8 Å². The largest absolute Gasteiger partial charge is 0.481 e. The molecule has 0 spiro atoms. The average Bonchev–Trinajstić information content (AvgIpc) is 3.59. The number of rotatable bonds is 8. The van der Waals surface area contributed by atoms with Crippen molar-refractivity contribution in [3.63, 3.8) is 0 Å². The molecule has 0 bridgehead atoms. The van der Waals surface area contributed by atoms with Gasteiger partial charge in [0.15, 0.2) is 0 Å². The van der Waals surface area contributed by atoms with Crippen LogP contribution in [0, 0.1) is 0 Å². The summed E-state index contributed by atoms with van der Waals surface area (Å²) in [7, 11) is 0. The molecule has 168 valence electrons. The van der Waals surface area contributed by atoms with E-state index in [1.54, 1.807) is 6.20 Å². The molecule has 1 unspecified atom stereocenters. The third-order valence-electron chi connectivity index (χ3n) is 5.86. The number of carboxylic acid groups (broad SMARTS) is 1. The number of hydrogen-bond donors (Lipinski definition) is 3. The van der Waals surface area contributed by atoms with Crippen molar-refractivity contribution in [3.05, 3.63) is 107 Å². The van der Waals surface area contributed by atoms with Gasteiger partial charge in [-0.1, -0.05) is 60.7 Å². The second kappa shape index (κ2) is 9.50. The predicted octanol–water partition coefficient (Wildman–Crippen LogP) is 4.26. The number of hydrogen-bond acceptors (Lipinski definition) is 5. The third kappa shape index (κ3) is 4.47. The summed E-state index contributed by atoms with van der Waals surface area (Å²) in [5.41, 5.74) is 6.36. The van der Waals surface area contributed by atoms with E-state index in [0.717, 1.165) is 45.5 Å². The molecule has 0 amide bonds. The van der Waals surface area contributed by atoms with Crippen molar-refractivity contribution in [3.8, 4) is 22.6 Å². The van der Waals surface area contributed by atoms with Crippen molar-refractivity contribution in [2.24, 2.45) is 0 Å². The van der Waals surface area contributed by atoms with Gasteiger partial charge in [0.2, 0.25) is 5.82 Å². The lowest BCUT2D eigenvalue weighted by atomic mass is 9.85. The molecule has 0 aliphatic rings. The van der Waals surface area contributed by atoms with E-state index in [2.05, 4.69) is 36.9 Å². The predicted molar refractivity (Wildman–Crippen MR) is 127 cm³/mol. The molecule has 1 atom stereocenters. The minimum atomic E-state index is -0.874. The zero-order chi connectivity index (χ0) is 23.3. The summed E-state index contributed by atoms with van der Waals surface area (Å²) in [4.78, 5) is 12.4. The van der Waals surface area contributed by atoms with E-state index in [1.807, 2.05) is 72.8 Å². The first-order chi connectivity index (χ1) is 16.7. The van der Waals surface area contributed by atoms with Crippen LogP contribution in [0.15, 0.2) is 85.1 Å². The Balaban J connectivity index is 1.51. The van der Waals surface area contributed by atoms with E-state index in [4.69, 9.17) is 0 Å². The number of nitrogens with zero attached hydrogens (tertiary/aromatic N) is 4. The zero-order valence-electron chi connectivity index (χ0n) is 18.2. The summed E-state index contributed by atoms with van der Waals surface area (Å²) in [6.07, 6.45) is 3.10. The Hall–Kier alpha value is -4.59. The number of aromatic amines is 2. The highest BCUT2D eigenvalue weighted by Gasteiger charge is 2.25. The molecule has 8 nitrogen and oxygen atoms in total. The van der Waals surface area contributed by atoms with Crippen LogP contribution in [0.1, 0.15) is 28.2 Å². The number of carbonyl (C=O) groups is 1. The fraction of sp³-hybridized carbons (Fsp3) is 0.115. The van der Waals surface area contributed by atoms with Crippen molar-refractivity contribution < 1.29 is 9.90 Å². The van der Waals surface area contributed by atoms with E-state index in [1.165, 1.54) is 0 Å². The van der Waals surface area contributed by atoms with Gasteiger partial charge in [0.25, 0.3) is 0 Å². The quantitative estimate of drug-likeness (QED) is 0.325. The van der Waals surface area contributed by atoms with Crippen molar-refractivity contribution in [1.29, 1.82) is 0 Å². The molecular formula is C26H22N6O2. The van der Waals surface area contributed by atoms with Crippen LogP contribution in [0.2, 0.25) is 0 Å². The van der Waals surface area contributed by atoms with Crippen LogP contribution in [-0.2, 0) is 17.6 Å². The first-order valence-electron chi connectivity index (χ1n) is 10.9. The summed E-state index contributed by atoms with van der Waals surface area (Å²) in [6, 6.07) is 25.2. The van der Waals surface area contributed by atoms with Gasteiger partial charge in [0.05, 0.1) is 5.69 Å². The van der Waals surface area contributed by atoms with E-state index in [9.17, 15) is 9.90 Å². The van der Waals surface area contributed by atoms with Gasteiger partial charge in [0.1, 0.15) is 5.92 Å². The van der Waals surface area contributed by atoms with Crippen LogP contribution in [0.25, 0.3) is 22.6 Å². The maximum atomic E-state index is 12.4. The number of aromatic nitrogens is 6. The van der Waals surface area contributed by atoms with Crippen LogP contribution < -0.4 is 0 Å². The van der Waals surface area contributed by atoms with Gasteiger partial charge in [0, 0.05) is 11.8 Å². The maximum Gasteiger partial charge on any atom is 0.315 e. The monoisotopic (exact) mass is 450 g/mol. The number of aliphatic carboxylic acids is 1. The van der Waals surface area contributed by atoms with Gasteiger partial charge < -0.3 is 5.11 Å². The average molecular weight is 451 g/mol. The SMILES string of the molecule is O=C(O)C(c1ccccc1)c1ccc(-c2ccn[nH]2)cc1CCc1cccc(-c2nn[nH]n2)c1. The Kier molecular flexibility index (Phi) is 5.94. The van der Waals surface area contributed by atoms with Crippen LogP contribution in [0.5, 0.6) is 0 Å². The second-order valence-corrected chi connectivity index (χ2v) is 8.00. The lowest BCUT2D eigenvalue weighted by molar-refractivity contribution is -0.137. The normalized spacial score (nSPS) is 11.9. The molecule has 0 saturated heterocycles. The molecule has 0 radical (unpaired) electrons. The smallest absolute Gasteiger partial charge is 0.315 e. The number of carboxylic acids is 1. The summed E-state index contributed by atoms with van der Waals surface area (Å²) in [6.45, 7) is 0. The Morgan fingerprint density at radius 3 is 2.53 bits per heavy atom. The Morgan fingerprint density at radius 1 is 0.912 bits per heavy atom. The highest BCUT2D eigenvalue weighted by atomic mass is 16.4. The molecule has 34 heavy (non-hydrogen) atoms. The first-order valence-corrected chi connectivity index (χ1v) is 10.9. The second-order valence-electron chi connectivity index (χ2n) is 8.00. The van der Waals surface area contributed by atoms with Gasteiger partial charge in [-0.25, -0.2) is 0 Å². The van der Waals surface area contributed by atoms with Crippen molar-refractivity contribution in [2.75, 3.05) is 0 Å². The number of H-pyrrole nitrogens is 2. The summed E-state index contributed by atoms with van der Waals surface area (Å²) >= 11 is 0. The third-order valence-corrected chi connectivity index (χ3v) is 5.86. The number of benzene rings is 3. The van der Waals surface area contributed by atoms with E-state index in [-0.39, 0.29) is 0 Å². The highest BCUT2D eigenvalue weighted by molar-refractivity contribution is 5.81. The lowest BCUT2D eigenvalue weighted by Gasteiger charge is -2.19. The van der Waals surface area contributed by atoms with E-state index < -0.39 is 11.9 Å². The summed E-state index contributed by atoms with van der Waals surface area (Å²) in [5.74, 6) is -1.09. The molecule has 8 heteroatoms. The van der Waals surface area contributed by atoms with E-state index >= 15 is 0 Å². The van der Waals surface area contributed by atoms with Gasteiger partial charge in [-0.15, -0.1) is 10.2 Å².